The van der Waals surface area contributed by atoms with Gasteiger partial charge in [-0.25, -0.2) is 4.98 Å². The van der Waals surface area contributed by atoms with E-state index < -0.39 is 30.7 Å². The molecule has 0 bridgehead atoms. The van der Waals surface area contributed by atoms with Gasteiger partial charge in [0.2, 0.25) is 6.79 Å². The molecule has 0 saturated carbocycles. The van der Waals surface area contributed by atoms with Crippen LogP contribution in [0.3, 0.4) is 0 Å². The molecular formula is C31H38N2O8. The van der Waals surface area contributed by atoms with Gasteiger partial charge in [0.25, 0.3) is 5.91 Å². The average molecular weight is 567 g/mol. The number of nitrogens with zero attached hydrogens (tertiary/aromatic N) is 1. The molecule has 3 rings (SSSR count). The van der Waals surface area contributed by atoms with Crippen molar-refractivity contribution in [3.05, 3.63) is 84.2 Å². The molecule has 10 heteroatoms. The molecule has 0 spiro atoms. The van der Waals surface area contributed by atoms with E-state index in [-0.39, 0.29) is 29.8 Å². The summed E-state index contributed by atoms with van der Waals surface area (Å²) >= 11 is 0. The van der Waals surface area contributed by atoms with Crippen LogP contribution in [0.25, 0.3) is 0 Å². The number of nitrogens with one attached hydrogen (secondary N) is 1. The normalized spacial score (nSPS) is 11.5. The number of carbonyl (C=O) groups excluding carboxylic acids is 3. The number of carbonyl (C=O) groups is 3. The molecule has 1 amide bonds. The molecule has 41 heavy (non-hydrogen) atoms. The lowest BCUT2D eigenvalue weighted by atomic mass is 10.1. The second-order valence-electron chi connectivity index (χ2n) is 8.92. The van der Waals surface area contributed by atoms with Crippen molar-refractivity contribution >= 4 is 17.8 Å². The number of pyridine rings is 1. The average Bonchev–Trinajstić information content (AvgIpc) is 2.96. The number of methoxy groups -OCH3 is 1. The summed E-state index contributed by atoms with van der Waals surface area (Å²) in [5.41, 5.74) is 1.19. The fourth-order valence-electron chi connectivity index (χ4n) is 3.51. The molecule has 10 nitrogen and oxygen atoms in total. The van der Waals surface area contributed by atoms with E-state index in [2.05, 4.69) is 29.4 Å². The smallest absolute Gasteiger partial charge is 0.325 e. The van der Waals surface area contributed by atoms with Crippen LogP contribution in [0.2, 0.25) is 0 Å². The number of ether oxygens (including phenoxy) is 5. The van der Waals surface area contributed by atoms with Gasteiger partial charge in [0, 0.05) is 25.6 Å². The second kappa shape index (κ2) is 17.9. The van der Waals surface area contributed by atoms with Gasteiger partial charge in [0.05, 0.1) is 7.11 Å². The van der Waals surface area contributed by atoms with Crippen LogP contribution in [0.4, 0.5) is 0 Å². The summed E-state index contributed by atoms with van der Waals surface area (Å²) in [6.07, 6.45) is 2.04. The lowest BCUT2D eigenvalue weighted by molar-refractivity contribution is -0.148. The Morgan fingerprint density at radius 3 is 2.20 bits per heavy atom. The summed E-state index contributed by atoms with van der Waals surface area (Å²) in [7, 11) is 1.39. The number of esters is 2. The number of rotatable bonds is 13. The Morgan fingerprint density at radius 2 is 1.63 bits per heavy atom. The van der Waals surface area contributed by atoms with Gasteiger partial charge in [-0.15, -0.1) is 0 Å². The van der Waals surface area contributed by atoms with E-state index in [1.54, 1.807) is 6.92 Å². The van der Waals surface area contributed by atoms with Crippen LogP contribution < -0.4 is 19.5 Å². The van der Waals surface area contributed by atoms with Crippen molar-refractivity contribution in [2.45, 2.75) is 52.7 Å². The predicted octanol–water partition coefficient (Wildman–Crippen LogP) is 4.89. The fraction of sp³-hybridized carbons (Fsp3) is 0.355. The first-order chi connectivity index (χ1) is 19.7. The molecule has 220 valence electrons. The van der Waals surface area contributed by atoms with Crippen LogP contribution in [0.15, 0.2) is 72.9 Å². The van der Waals surface area contributed by atoms with Crippen molar-refractivity contribution in [2.24, 2.45) is 0 Å². The summed E-state index contributed by atoms with van der Waals surface area (Å²) in [6, 6.07) is 21.2. The van der Waals surface area contributed by atoms with Crippen LogP contribution in [-0.4, -0.2) is 55.5 Å². The van der Waals surface area contributed by atoms with E-state index in [0.717, 1.165) is 12.2 Å². The van der Waals surface area contributed by atoms with Crippen LogP contribution >= 0.6 is 0 Å². The Kier molecular flexibility index (Phi) is 14.2. The number of hydrogen-bond donors (Lipinski definition) is 1. The highest BCUT2D eigenvalue weighted by Gasteiger charge is 2.21. The minimum absolute atomic E-state index is 0.0191. The highest BCUT2D eigenvalue weighted by atomic mass is 16.7. The molecule has 2 aromatic carbocycles. The van der Waals surface area contributed by atoms with Gasteiger partial charge in [-0.3, -0.25) is 14.4 Å². The van der Waals surface area contributed by atoms with Crippen molar-refractivity contribution in [3.8, 4) is 17.2 Å². The van der Waals surface area contributed by atoms with E-state index in [9.17, 15) is 14.4 Å². The summed E-state index contributed by atoms with van der Waals surface area (Å²) in [6.45, 7) is 6.26. The van der Waals surface area contributed by atoms with E-state index in [1.807, 2.05) is 55.5 Å². The Bertz CT molecular complexity index is 1220. The second-order valence-corrected chi connectivity index (χ2v) is 8.92. The number of amides is 1. The maximum absolute atomic E-state index is 12.6. The van der Waals surface area contributed by atoms with E-state index in [1.165, 1.54) is 31.9 Å². The molecule has 2 atom stereocenters. The zero-order valence-electron chi connectivity index (χ0n) is 24.1. The first kappa shape index (κ1) is 32.6. The van der Waals surface area contributed by atoms with Gasteiger partial charge >= 0.3 is 11.9 Å². The van der Waals surface area contributed by atoms with Gasteiger partial charge in [-0.05, 0) is 32.4 Å². The quantitative estimate of drug-likeness (QED) is 0.227. The van der Waals surface area contributed by atoms with Crippen molar-refractivity contribution in [1.29, 1.82) is 0 Å². The van der Waals surface area contributed by atoms with Gasteiger partial charge in [0.1, 0.15) is 24.5 Å². The zero-order chi connectivity index (χ0) is 30.0. The van der Waals surface area contributed by atoms with E-state index in [4.69, 9.17) is 23.7 Å². The van der Waals surface area contributed by atoms with Gasteiger partial charge in [-0.2, -0.15) is 0 Å². The summed E-state index contributed by atoms with van der Waals surface area (Å²) in [5.74, 6) is -0.898. The van der Waals surface area contributed by atoms with E-state index >= 15 is 0 Å². The Balaban J connectivity index is 0.000000729. The van der Waals surface area contributed by atoms with Gasteiger partial charge in [-0.1, -0.05) is 61.0 Å². The Labute approximate surface area is 240 Å². The monoisotopic (exact) mass is 566 g/mol. The lowest BCUT2D eigenvalue weighted by Gasteiger charge is -2.21. The van der Waals surface area contributed by atoms with Gasteiger partial charge in [0.15, 0.2) is 17.2 Å². The maximum atomic E-state index is 12.6. The number of para-hydroxylation sites is 1. The third-order valence-electron chi connectivity index (χ3n) is 5.53. The highest BCUT2D eigenvalue weighted by molar-refractivity contribution is 5.97. The first-order valence-electron chi connectivity index (χ1n) is 13.2. The highest BCUT2D eigenvalue weighted by Crippen LogP contribution is 2.29. The van der Waals surface area contributed by atoms with Crippen LogP contribution in [0, 0.1) is 6.92 Å². The van der Waals surface area contributed by atoms with Crippen molar-refractivity contribution in [2.75, 3.05) is 20.4 Å². The summed E-state index contributed by atoms with van der Waals surface area (Å²) in [5, 5.41) is 2.45. The lowest BCUT2D eigenvalue weighted by Crippen LogP contribution is -2.34. The first-order valence-corrected chi connectivity index (χ1v) is 13.2. The SMILES string of the molecule is CCC(CC(C)OC(=O)CNC(=O)c1nccc(OC)c1OCOC(C)=O)Oc1ccccc1.Cc1ccccc1. The van der Waals surface area contributed by atoms with Crippen molar-refractivity contribution in [1.82, 2.24) is 10.3 Å². The molecule has 0 aliphatic heterocycles. The summed E-state index contributed by atoms with van der Waals surface area (Å²) < 4.78 is 26.6. The minimum Gasteiger partial charge on any atom is -0.493 e. The largest absolute Gasteiger partial charge is 0.493 e. The number of aryl methyl sites for hydroxylation is 1. The number of hydrogen-bond acceptors (Lipinski definition) is 9. The van der Waals surface area contributed by atoms with E-state index in [0.29, 0.717) is 6.42 Å². The summed E-state index contributed by atoms with van der Waals surface area (Å²) in [4.78, 5) is 39.8. The standard InChI is InChI=1S/C24H30N2O8.C7H8/c1-5-18(34-19-9-7-6-8-10-19)13-16(2)33-21(28)14-26-24(29)22-23(32-15-31-17(3)27)20(30-4)11-12-25-22;1-7-5-3-2-4-6-7/h6-12,16,18H,5,13-15H2,1-4H3,(H,26,29);2-6H,1H3. The molecule has 0 saturated heterocycles. The van der Waals surface area contributed by atoms with Gasteiger partial charge < -0.3 is 29.0 Å². The minimum atomic E-state index is -0.680. The third-order valence-corrected chi connectivity index (χ3v) is 5.53. The molecule has 2 unspecified atom stereocenters. The molecule has 1 aromatic heterocycles. The molecule has 1 N–H and O–H groups in total. The van der Waals surface area contributed by atoms with Crippen LogP contribution in [0.1, 0.15) is 49.7 Å². The van der Waals surface area contributed by atoms with Crippen molar-refractivity contribution in [3.63, 3.8) is 0 Å². The third kappa shape index (κ3) is 12.4. The molecule has 3 aromatic rings. The van der Waals surface area contributed by atoms with Crippen LogP contribution in [0.5, 0.6) is 17.2 Å². The molecule has 1 heterocycles. The molecule has 0 fully saturated rings. The molecular weight excluding hydrogens is 528 g/mol. The number of aromatic nitrogens is 1. The zero-order valence-corrected chi connectivity index (χ0v) is 24.1. The molecule has 0 aliphatic carbocycles. The predicted molar refractivity (Wildman–Crippen MR) is 153 cm³/mol. The Hall–Kier alpha value is -4.60. The maximum Gasteiger partial charge on any atom is 0.325 e. The topological polar surface area (TPSA) is 122 Å². The molecule has 0 radical (unpaired) electrons. The number of benzene rings is 2. The Morgan fingerprint density at radius 1 is 0.976 bits per heavy atom. The fourth-order valence-corrected chi connectivity index (χ4v) is 3.51. The van der Waals surface area contributed by atoms with Crippen LogP contribution in [-0.2, 0) is 19.1 Å². The molecule has 0 aliphatic rings. The van der Waals surface area contributed by atoms with Crippen molar-refractivity contribution < 1.29 is 38.1 Å².